The number of halogens is 1. The number of nitrogens with zero attached hydrogens (tertiary/aromatic N) is 1. The molecule has 0 aliphatic rings. The Morgan fingerprint density at radius 1 is 1.14 bits per heavy atom. The first-order valence-corrected chi connectivity index (χ1v) is 10.7. The van der Waals surface area contributed by atoms with Gasteiger partial charge < -0.3 is 15.4 Å². The summed E-state index contributed by atoms with van der Waals surface area (Å²) in [7, 11) is -1.74. The van der Waals surface area contributed by atoms with E-state index in [1.54, 1.807) is 49.5 Å². The highest BCUT2D eigenvalue weighted by atomic mass is 32.2. The van der Waals surface area contributed by atoms with Crippen molar-refractivity contribution in [1.29, 1.82) is 0 Å². The van der Waals surface area contributed by atoms with Crippen LogP contribution in [0.3, 0.4) is 0 Å². The second-order valence-electron chi connectivity index (χ2n) is 6.12. The third-order valence-electron chi connectivity index (χ3n) is 4.04. The third kappa shape index (κ3) is 6.84. The number of aliphatic imine (C=N–C) groups is 1. The summed E-state index contributed by atoms with van der Waals surface area (Å²) in [5, 5.41) is 6.10. The zero-order chi connectivity index (χ0) is 20.4. The molecule has 0 aliphatic heterocycles. The molecule has 2 aromatic rings. The van der Waals surface area contributed by atoms with Gasteiger partial charge in [0, 0.05) is 19.7 Å². The van der Waals surface area contributed by atoms with Crippen molar-refractivity contribution in [3.05, 3.63) is 60.4 Å². The first-order valence-electron chi connectivity index (χ1n) is 9.09. The summed E-state index contributed by atoms with van der Waals surface area (Å²) in [6.45, 7) is 2.63. The van der Waals surface area contributed by atoms with Gasteiger partial charge in [0.1, 0.15) is 17.7 Å². The van der Waals surface area contributed by atoms with E-state index in [1.165, 1.54) is 12.1 Å². The Labute approximate surface area is 165 Å². The van der Waals surface area contributed by atoms with Crippen LogP contribution in [-0.4, -0.2) is 46.4 Å². The van der Waals surface area contributed by atoms with Gasteiger partial charge in [-0.3, -0.25) is 4.99 Å². The minimum absolute atomic E-state index is 0.0469. The van der Waals surface area contributed by atoms with Crippen molar-refractivity contribution in [1.82, 2.24) is 10.6 Å². The molecule has 0 aromatic heterocycles. The molecule has 2 aromatic carbocycles. The van der Waals surface area contributed by atoms with E-state index in [0.717, 1.165) is 0 Å². The Bertz CT molecular complexity index is 873. The van der Waals surface area contributed by atoms with Crippen LogP contribution >= 0.6 is 0 Å². The van der Waals surface area contributed by atoms with Crippen LogP contribution in [0.5, 0.6) is 5.75 Å². The van der Waals surface area contributed by atoms with E-state index in [0.29, 0.717) is 29.6 Å². The number of nitrogens with one attached hydrogen (secondary N) is 2. The molecule has 2 rings (SSSR count). The van der Waals surface area contributed by atoms with Crippen LogP contribution in [0.1, 0.15) is 13.3 Å². The average molecular weight is 408 g/mol. The molecule has 6 nitrogen and oxygen atoms in total. The van der Waals surface area contributed by atoms with Gasteiger partial charge in [-0.15, -0.1) is 0 Å². The monoisotopic (exact) mass is 407 g/mol. The minimum Gasteiger partial charge on any atom is -0.489 e. The second-order valence-corrected chi connectivity index (χ2v) is 8.23. The quantitative estimate of drug-likeness (QED) is 0.493. The molecule has 28 heavy (non-hydrogen) atoms. The molecule has 0 radical (unpaired) electrons. The number of rotatable bonds is 9. The van der Waals surface area contributed by atoms with Crippen molar-refractivity contribution in [3.63, 3.8) is 0 Å². The Balaban J connectivity index is 1.81. The van der Waals surface area contributed by atoms with E-state index in [2.05, 4.69) is 15.6 Å². The topological polar surface area (TPSA) is 79.8 Å². The van der Waals surface area contributed by atoms with Gasteiger partial charge >= 0.3 is 0 Å². The maximum absolute atomic E-state index is 13.3. The van der Waals surface area contributed by atoms with Gasteiger partial charge in [0.25, 0.3) is 0 Å². The lowest BCUT2D eigenvalue weighted by Crippen LogP contribution is -2.43. The van der Waals surface area contributed by atoms with Crippen LogP contribution in [0.2, 0.25) is 0 Å². The Morgan fingerprint density at radius 2 is 1.89 bits per heavy atom. The Morgan fingerprint density at radius 3 is 2.54 bits per heavy atom. The summed E-state index contributed by atoms with van der Waals surface area (Å²) < 4.78 is 43.6. The van der Waals surface area contributed by atoms with Gasteiger partial charge in [0.15, 0.2) is 15.8 Å². The SMILES string of the molecule is CCC(CNC(=NC)NCCS(=O)(=O)c1ccccc1)Oc1cccc(F)c1. The van der Waals surface area contributed by atoms with Gasteiger partial charge in [0.05, 0.1) is 17.2 Å². The summed E-state index contributed by atoms with van der Waals surface area (Å²) in [6, 6.07) is 14.3. The van der Waals surface area contributed by atoms with Crippen LogP contribution < -0.4 is 15.4 Å². The van der Waals surface area contributed by atoms with E-state index >= 15 is 0 Å². The van der Waals surface area contributed by atoms with Crippen molar-refractivity contribution >= 4 is 15.8 Å². The fourth-order valence-corrected chi connectivity index (χ4v) is 3.66. The van der Waals surface area contributed by atoms with Crippen molar-refractivity contribution in [2.45, 2.75) is 24.3 Å². The number of hydrogen-bond acceptors (Lipinski definition) is 4. The summed E-state index contributed by atoms with van der Waals surface area (Å²) >= 11 is 0. The van der Waals surface area contributed by atoms with Gasteiger partial charge in [-0.1, -0.05) is 31.2 Å². The summed E-state index contributed by atoms with van der Waals surface area (Å²) in [5.41, 5.74) is 0. The molecule has 1 atom stereocenters. The molecule has 0 spiro atoms. The smallest absolute Gasteiger partial charge is 0.191 e. The standard InChI is InChI=1S/C20H26FN3O3S/c1-3-17(27-18-9-7-8-16(21)14-18)15-24-20(22-2)23-12-13-28(25,26)19-10-5-4-6-11-19/h4-11,14,17H,3,12-13,15H2,1-2H3,(H2,22,23,24). The summed E-state index contributed by atoms with van der Waals surface area (Å²) in [5.74, 6) is 0.543. The second kappa shape index (κ2) is 10.7. The van der Waals surface area contributed by atoms with Crippen molar-refractivity contribution < 1.29 is 17.5 Å². The van der Waals surface area contributed by atoms with Crippen molar-refractivity contribution in [2.24, 2.45) is 4.99 Å². The van der Waals surface area contributed by atoms with Gasteiger partial charge in [-0.2, -0.15) is 0 Å². The van der Waals surface area contributed by atoms with Crippen LogP contribution in [-0.2, 0) is 9.84 Å². The molecule has 2 N–H and O–H groups in total. The normalized spacial score (nSPS) is 13.0. The van der Waals surface area contributed by atoms with E-state index in [4.69, 9.17) is 4.74 Å². The fraction of sp³-hybridized carbons (Fsp3) is 0.350. The molecule has 0 fully saturated rings. The van der Waals surface area contributed by atoms with Crippen molar-refractivity contribution in [2.75, 3.05) is 25.9 Å². The van der Waals surface area contributed by atoms with Gasteiger partial charge in [-0.05, 0) is 30.7 Å². The molecule has 0 amide bonds. The number of guanidine groups is 1. The number of hydrogen-bond donors (Lipinski definition) is 2. The Kier molecular flexibility index (Phi) is 8.25. The lowest BCUT2D eigenvalue weighted by Gasteiger charge is -2.20. The fourth-order valence-electron chi connectivity index (χ4n) is 2.48. The molecule has 1 unspecified atom stereocenters. The predicted molar refractivity (Wildman–Crippen MR) is 109 cm³/mol. The number of benzene rings is 2. The number of ether oxygens (including phenoxy) is 1. The molecule has 0 saturated carbocycles. The molecule has 0 aliphatic carbocycles. The predicted octanol–water partition coefficient (Wildman–Crippen LogP) is 2.62. The maximum atomic E-state index is 13.3. The lowest BCUT2D eigenvalue weighted by atomic mass is 10.2. The van der Waals surface area contributed by atoms with E-state index in [-0.39, 0.29) is 24.2 Å². The van der Waals surface area contributed by atoms with Crippen LogP contribution in [0.4, 0.5) is 4.39 Å². The average Bonchev–Trinajstić information content (AvgIpc) is 2.70. The highest BCUT2D eigenvalue weighted by Gasteiger charge is 2.14. The largest absolute Gasteiger partial charge is 0.489 e. The Hall–Kier alpha value is -2.61. The zero-order valence-electron chi connectivity index (χ0n) is 16.1. The first kappa shape index (κ1) is 21.7. The molecule has 8 heteroatoms. The number of sulfone groups is 1. The molecule has 0 saturated heterocycles. The van der Waals surface area contributed by atoms with E-state index < -0.39 is 9.84 Å². The van der Waals surface area contributed by atoms with Crippen molar-refractivity contribution in [3.8, 4) is 5.75 Å². The maximum Gasteiger partial charge on any atom is 0.191 e. The lowest BCUT2D eigenvalue weighted by molar-refractivity contribution is 0.199. The van der Waals surface area contributed by atoms with E-state index in [1.807, 2.05) is 6.92 Å². The molecular weight excluding hydrogens is 381 g/mol. The van der Waals surface area contributed by atoms with Crippen LogP contribution in [0.25, 0.3) is 0 Å². The minimum atomic E-state index is -3.35. The van der Waals surface area contributed by atoms with Crippen LogP contribution in [0, 0.1) is 5.82 Å². The van der Waals surface area contributed by atoms with Gasteiger partial charge in [-0.25, -0.2) is 12.8 Å². The van der Waals surface area contributed by atoms with E-state index in [9.17, 15) is 12.8 Å². The highest BCUT2D eigenvalue weighted by Crippen LogP contribution is 2.14. The first-order chi connectivity index (χ1) is 13.4. The third-order valence-corrected chi connectivity index (χ3v) is 5.77. The molecule has 152 valence electrons. The highest BCUT2D eigenvalue weighted by molar-refractivity contribution is 7.91. The van der Waals surface area contributed by atoms with Gasteiger partial charge in [0.2, 0.25) is 0 Å². The molecule has 0 bridgehead atoms. The molecular formula is C20H26FN3O3S. The summed E-state index contributed by atoms with van der Waals surface area (Å²) in [4.78, 5) is 4.39. The summed E-state index contributed by atoms with van der Waals surface area (Å²) in [6.07, 6.45) is 0.525. The molecule has 0 heterocycles. The zero-order valence-corrected chi connectivity index (χ0v) is 16.9. The van der Waals surface area contributed by atoms with Crippen LogP contribution in [0.15, 0.2) is 64.5 Å².